The second-order valence-electron chi connectivity index (χ2n) is 12.4. The van der Waals surface area contributed by atoms with E-state index < -0.39 is 63.4 Å². The van der Waals surface area contributed by atoms with Crippen molar-refractivity contribution in [2.75, 3.05) is 12.3 Å². The summed E-state index contributed by atoms with van der Waals surface area (Å²) in [4.78, 5) is 61.7. The molecule has 1 aromatic heterocycles. The van der Waals surface area contributed by atoms with Crippen LogP contribution in [0, 0.1) is 11.3 Å². The van der Waals surface area contributed by atoms with Crippen molar-refractivity contribution in [2.24, 2.45) is 16.3 Å². The molecule has 11 nitrogen and oxygen atoms in total. The first-order valence-electron chi connectivity index (χ1n) is 14.0. The van der Waals surface area contributed by atoms with Gasteiger partial charge in [-0.05, 0) is 59.8 Å². The molecule has 15 heteroatoms. The van der Waals surface area contributed by atoms with Crippen molar-refractivity contribution in [2.45, 2.75) is 102 Å². The Hall–Kier alpha value is -1.93. The van der Waals surface area contributed by atoms with Gasteiger partial charge in [-0.3, -0.25) is 19.4 Å². The molecule has 4 atom stereocenters. The van der Waals surface area contributed by atoms with Crippen molar-refractivity contribution in [1.82, 2.24) is 15.6 Å². The van der Waals surface area contributed by atoms with Crippen LogP contribution >= 0.6 is 46.3 Å². The van der Waals surface area contributed by atoms with Gasteiger partial charge in [-0.25, -0.2) is 9.78 Å². The maximum Gasteiger partial charge on any atom is 0.358 e. The van der Waals surface area contributed by atoms with Crippen molar-refractivity contribution >= 4 is 75.1 Å². The Bertz CT molecular complexity index is 1240. The SMILES string of the molecule is CC(C)[C@@H]1NC(=O)CNC(=O)[C@H]2CSC(=N2)[C@H](C(C)(C)O)OC(=O)C(C)(C)[C@H](CCCC(C)(Cl)Cl)OC(=O)c2csc1n2. The third kappa shape index (κ3) is 9.53. The van der Waals surface area contributed by atoms with Gasteiger partial charge in [0.25, 0.3) is 0 Å². The highest BCUT2D eigenvalue weighted by molar-refractivity contribution is 8.14. The molecule has 0 aromatic carbocycles. The lowest BCUT2D eigenvalue weighted by molar-refractivity contribution is -0.171. The quantitative estimate of drug-likeness (QED) is 0.296. The summed E-state index contributed by atoms with van der Waals surface area (Å²) in [5, 5.41) is 18.7. The van der Waals surface area contributed by atoms with E-state index in [1.807, 2.05) is 13.8 Å². The first kappa shape index (κ1) is 35.5. The van der Waals surface area contributed by atoms with E-state index in [1.54, 1.807) is 20.8 Å². The number of aliphatic imine (C=N–C) groups is 1. The van der Waals surface area contributed by atoms with Crippen LogP contribution in [-0.2, 0) is 23.9 Å². The monoisotopic (exact) mass is 678 g/mol. The fourth-order valence-electron chi connectivity index (χ4n) is 4.46. The van der Waals surface area contributed by atoms with Crippen LogP contribution in [0.1, 0.15) is 89.3 Å². The Morgan fingerprint density at radius 3 is 2.44 bits per heavy atom. The Labute approximate surface area is 270 Å². The van der Waals surface area contributed by atoms with Gasteiger partial charge < -0.3 is 25.2 Å². The third-order valence-corrected chi connectivity index (χ3v) is 9.53. The van der Waals surface area contributed by atoms with Crippen molar-refractivity contribution in [3.63, 3.8) is 0 Å². The normalized spacial score (nSPS) is 26.0. The minimum atomic E-state index is -1.56. The molecule has 0 fully saturated rings. The van der Waals surface area contributed by atoms with E-state index in [-0.39, 0.29) is 35.4 Å². The number of ether oxygens (including phenoxy) is 2. The Balaban J connectivity index is 2.03. The molecule has 2 aliphatic heterocycles. The molecule has 0 unspecified atom stereocenters. The van der Waals surface area contributed by atoms with Crippen LogP contribution < -0.4 is 10.6 Å². The third-order valence-electron chi connectivity index (χ3n) is 7.13. The minimum Gasteiger partial charge on any atom is -0.456 e. The highest BCUT2D eigenvalue weighted by Gasteiger charge is 2.46. The van der Waals surface area contributed by atoms with Crippen molar-refractivity contribution in [3.8, 4) is 0 Å². The van der Waals surface area contributed by atoms with E-state index in [0.29, 0.717) is 17.8 Å². The second-order valence-corrected chi connectivity index (χ2v) is 16.2. The number of hydrogen-bond acceptors (Lipinski definition) is 11. The van der Waals surface area contributed by atoms with Gasteiger partial charge in [0, 0.05) is 11.1 Å². The summed E-state index contributed by atoms with van der Waals surface area (Å²) in [5.74, 6) is -2.23. The molecule has 2 amide bonds. The van der Waals surface area contributed by atoms with Crippen LogP contribution in [0.15, 0.2) is 10.4 Å². The fraction of sp³-hybridized carbons (Fsp3) is 0.714. The molecule has 2 aliphatic rings. The number of carbonyl (C=O) groups excluding carboxylic acids is 4. The number of carbonyl (C=O) groups is 4. The average molecular weight is 680 g/mol. The van der Waals surface area contributed by atoms with E-state index >= 15 is 0 Å². The van der Waals surface area contributed by atoms with E-state index in [0.717, 1.165) is 0 Å². The zero-order chi connectivity index (χ0) is 32.3. The predicted octanol–water partition coefficient (Wildman–Crippen LogP) is 4.20. The smallest absolute Gasteiger partial charge is 0.358 e. The molecular weight excluding hydrogens is 639 g/mol. The summed E-state index contributed by atoms with van der Waals surface area (Å²) >= 11 is 14.7. The fourth-order valence-corrected chi connectivity index (χ4v) is 6.98. The van der Waals surface area contributed by atoms with E-state index in [4.69, 9.17) is 32.7 Å². The lowest BCUT2D eigenvalue weighted by Gasteiger charge is -2.36. The number of nitrogens with one attached hydrogen (secondary N) is 2. The molecule has 3 heterocycles. The van der Waals surface area contributed by atoms with Crippen LogP contribution in [0.3, 0.4) is 0 Å². The topological polar surface area (TPSA) is 156 Å². The number of esters is 2. The predicted molar refractivity (Wildman–Crippen MR) is 168 cm³/mol. The van der Waals surface area contributed by atoms with Crippen molar-refractivity contribution < 1.29 is 33.8 Å². The number of cyclic esters (lactones) is 2. The summed E-state index contributed by atoms with van der Waals surface area (Å²) in [6, 6.07) is -1.37. The molecule has 0 radical (unpaired) electrons. The first-order chi connectivity index (χ1) is 19.8. The molecule has 43 heavy (non-hydrogen) atoms. The Morgan fingerprint density at radius 1 is 1.16 bits per heavy atom. The first-order valence-corrected chi connectivity index (χ1v) is 16.7. The number of alkyl halides is 2. The summed E-state index contributed by atoms with van der Waals surface area (Å²) in [5.41, 5.74) is -2.92. The highest BCUT2D eigenvalue weighted by atomic mass is 35.5. The summed E-state index contributed by atoms with van der Waals surface area (Å²) < 4.78 is 10.8. The van der Waals surface area contributed by atoms with Gasteiger partial charge in [0.2, 0.25) is 11.8 Å². The Morgan fingerprint density at radius 2 is 1.84 bits per heavy atom. The molecule has 0 spiro atoms. The van der Waals surface area contributed by atoms with Crippen LogP contribution in [0.5, 0.6) is 0 Å². The molecule has 3 N–H and O–H groups in total. The molecule has 0 saturated heterocycles. The molecule has 0 aliphatic carbocycles. The number of hydrogen-bond donors (Lipinski definition) is 3. The lowest BCUT2D eigenvalue weighted by Crippen LogP contribution is -2.49. The van der Waals surface area contributed by atoms with Crippen LogP contribution in [0.2, 0.25) is 0 Å². The van der Waals surface area contributed by atoms with Crippen molar-refractivity contribution in [3.05, 3.63) is 16.1 Å². The number of thioether (sulfide) groups is 1. The minimum absolute atomic E-state index is 0.0252. The van der Waals surface area contributed by atoms with Gasteiger partial charge in [-0.1, -0.05) is 13.8 Å². The van der Waals surface area contributed by atoms with Gasteiger partial charge in [0.1, 0.15) is 32.1 Å². The van der Waals surface area contributed by atoms with Gasteiger partial charge >= 0.3 is 11.9 Å². The van der Waals surface area contributed by atoms with E-state index in [2.05, 4.69) is 20.6 Å². The molecular formula is C28H40Cl2N4O7S2. The summed E-state index contributed by atoms with van der Waals surface area (Å²) in [6.45, 7) is 11.3. The number of nitrogens with zero attached hydrogens (tertiary/aromatic N) is 2. The zero-order valence-electron chi connectivity index (χ0n) is 25.4. The van der Waals surface area contributed by atoms with Crippen LogP contribution in [0.4, 0.5) is 0 Å². The van der Waals surface area contributed by atoms with Crippen LogP contribution in [0.25, 0.3) is 0 Å². The summed E-state index contributed by atoms with van der Waals surface area (Å²) in [6.07, 6.45) is -1.15. The van der Waals surface area contributed by atoms with Gasteiger partial charge in [-0.15, -0.1) is 46.3 Å². The molecule has 240 valence electrons. The number of aliphatic hydroxyl groups is 1. The Kier molecular flexibility index (Phi) is 11.6. The zero-order valence-corrected chi connectivity index (χ0v) is 28.5. The van der Waals surface area contributed by atoms with Crippen LogP contribution in [-0.4, -0.2) is 79.4 Å². The number of thiazole rings is 1. The van der Waals surface area contributed by atoms with Gasteiger partial charge in [0.15, 0.2) is 11.8 Å². The second kappa shape index (κ2) is 14.0. The number of halogens is 2. The number of fused-ring (bicyclic) bond motifs is 3. The van der Waals surface area contributed by atoms with Gasteiger partial charge in [0.05, 0.1) is 18.0 Å². The van der Waals surface area contributed by atoms with Crippen molar-refractivity contribution in [1.29, 1.82) is 0 Å². The average Bonchev–Trinajstić information content (AvgIpc) is 3.56. The molecule has 3 rings (SSSR count). The standard InChI is InChI=1S/C28H40Cl2N4O7S2/c1-14(2)19-22-33-16(13-42-22)24(37)40-17(9-8-10-28(7,29)30)26(3,4)25(38)41-20(27(5,6)39)23-32-15(12-43-23)21(36)31-11-18(35)34-19/h13-15,17,19-20,39H,8-12H2,1-7H3,(H,31,36)(H,34,35)/t15-,17+,19+,20-/m1/s1. The number of aromatic nitrogens is 1. The van der Waals surface area contributed by atoms with E-state index in [9.17, 15) is 24.3 Å². The maximum atomic E-state index is 13.7. The maximum absolute atomic E-state index is 13.7. The molecule has 0 saturated carbocycles. The largest absolute Gasteiger partial charge is 0.456 e. The van der Waals surface area contributed by atoms with E-state index in [1.165, 1.54) is 42.3 Å². The highest BCUT2D eigenvalue weighted by Crippen LogP contribution is 2.36. The number of amides is 2. The van der Waals surface area contributed by atoms with Gasteiger partial charge in [-0.2, -0.15) is 0 Å². The number of rotatable bonds is 6. The molecule has 1 aromatic rings. The summed E-state index contributed by atoms with van der Waals surface area (Å²) in [7, 11) is 0. The molecule has 4 bridgehead atoms. The lowest BCUT2D eigenvalue weighted by atomic mass is 9.83.